The second-order valence-corrected chi connectivity index (χ2v) is 6.53. The predicted molar refractivity (Wildman–Crippen MR) is 117 cm³/mol. The van der Waals surface area contributed by atoms with Gasteiger partial charge in [-0.2, -0.15) is 5.10 Å². The number of carbonyl (C=O) groups is 1. The number of anilines is 2. The Morgan fingerprint density at radius 3 is 2.43 bits per heavy atom. The Labute approximate surface area is 177 Å². The molecule has 0 radical (unpaired) electrons. The molecule has 0 spiro atoms. The highest BCUT2D eigenvalue weighted by atomic mass is 35.5. The van der Waals surface area contributed by atoms with Gasteiger partial charge in [-0.25, -0.2) is 0 Å². The maximum Gasteiger partial charge on any atom is 0.294 e. The maximum absolute atomic E-state index is 12.5. The molecule has 0 unspecified atom stereocenters. The average Bonchev–Trinajstić information content (AvgIpc) is 2.75. The van der Waals surface area contributed by atoms with Gasteiger partial charge in [-0.15, -0.1) is 0 Å². The third-order valence-corrected chi connectivity index (χ3v) is 4.33. The average molecular weight is 425 g/mol. The van der Waals surface area contributed by atoms with E-state index in [1.54, 1.807) is 55.6 Å². The minimum Gasteiger partial charge on any atom is -0.497 e. The number of nitrogens with one attached hydrogen (secondary N) is 2. The monoisotopic (exact) mass is 424 g/mol. The number of hydrazone groups is 1. The predicted octanol–water partition coefficient (Wildman–Crippen LogP) is 4.96. The Balaban J connectivity index is 1.74. The number of hydrogen-bond acceptors (Lipinski definition) is 6. The number of rotatable bonds is 7. The van der Waals surface area contributed by atoms with Crippen molar-refractivity contribution in [3.8, 4) is 5.75 Å². The highest BCUT2D eigenvalue weighted by molar-refractivity contribution is 6.30. The van der Waals surface area contributed by atoms with Gasteiger partial charge >= 0.3 is 0 Å². The number of amides is 1. The summed E-state index contributed by atoms with van der Waals surface area (Å²) in [6.07, 6.45) is 1.50. The minimum atomic E-state index is -0.579. The van der Waals surface area contributed by atoms with Crippen LogP contribution in [0.1, 0.15) is 15.9 Å². The van der Waals surface area contributed by atoms with E-state index in [1.165, 1.54) is 24.4 Å². The first-order chi connectivity index (χ1) is 14.5. The molecule has 1 amide bonds. The van der Waals surface area contributed by atoms with Gasteiger partial charge in [0.25, 0.3) is 11.6 Å². The van der Waals surface area contributed by atoms with Gasteiger partial charge in [0.2, 0.25) is 0 Å². The molecule has 8 nitrogen and oxygen atoms in total. The molecule has 0 heterocycles. The van der Waals surface area contributed by atoms with Crippen LogP contribution in [0.5, 0.6) is 5.75 Å². The van der Waals surface area contributed by atoms with Crippen molar-refractivity contribution < 1.29 is 14.5 Å². The first-order valence-corrected chi connectivity index (χ1v) is 9.12. The number of nitro benzene ring substituents is 1. The topological polar surface area (TPSA) is 106 Å². The van der Waals surface area contributed by atoms with Crippen molar-refractivity contribution >= 4 is 40.8 Å². The molecule has 0 bridgehead atoms. The lowest BCUT2D eigenvalue weighted by molar-refractivity contribution is -0.384. The van der Waals surface area contributed by atoms with Crippen LogP contribution >= 0.6 is 11.6 Å². The second kappa shape index (κ2) is 9.53. The molecule has 3 rings (SSSR count). The van der Waals surface area contributed by atoms with Crippen LogP contribution in [0.4, 0.5) is 17.1 Å². The van der Waals surface area contributed by atoms with Crippen molar-refractivity contribution in [2.24, 2.45) is 5.10 Å². The van der Waals surface area contributed by atoms with Gasteiger partial charge in [0, 0.05) is 22.3 Å². The zero-order chi connectivity index (χ0) is 21.5. The van der Waals surface area contributed by atoms with E-state index in [1.807, 2.05) is 0 Å². The van der Waals surface area contributed by atoms with Crippen LogP contribution in [0.3, 0.4) is 0 Å². The molecule has 0 aliphatic carbocycles. The summed E-state index contributed by atoms with van der Waals surface area (Å²) in [4.78, 5) is 23.3. The van der Waals surface area contributed by atoms with Crippen LogP contribution in [-0.4, -0.2) is 24.2 Å². The smallest absolute Gasteiger partial charge is 0.294 e. The highest BCUT2D eigenvalue weighted by Gasteiger charge is 2.17. The molecule has 0 atom stereocenters. The lowest BCUT2D eigenvalue weighted by atomic mass is 10.1. The van der Waals surface area contributed by atoms with E-state index in [9.17, 15) is 14.9 Å². The summed E-state index contributed by atoms with van der Waals surface area (Å²) >= 11 is 5.83. The van der Waals surface area contributed by atoms with Crippen LogP contribution in [-0.2, 0) is 0 Å². The summed E-state index contributed by atoms with van der Waals surface area (Å²) in [5, 5.41) is 18.7. The number of benzene rings is 3. The minimum absolute atomic E-state index is 0.143. The fraction of sp³-hybridized carbons (Fsp3) is 0.0476. The summed E-state index contributed by atoms with van der Waals surface area (Å²) in [5.41, 5.74) is 3.97. The van der Waals surface area contributed by atoms with Crippen molar-refractivity contribution in [2.75, 3.05) is 17.9 Å². The highest BCUT2D eigenvalue weighted by Crippen LogP contribution is 2.26. The van der Waals surface area contributed by atoms with E-state index in [4.69, 9.17) is 16.3 Å². The number of carbonyl (C=O) groups excluding carboxylic acids is 1. The first kappa shape index (κ1) is 20.8. The molecule has 2 N–H and O–H groups in total. The van der Waals surface area contributed by atoms with Gasteiger partial charge < -0.3 is 10.1 Å². The fourth-order valence-corrected chi connectivity index (χ4v) is 2.65. The van der Waals surface area contributed by atoms with Crippen molar-refractivity contribution in [1.29, 1.82) is 0 Å². The molecule has 0 fully saturated rings. The fourth-order valence-electron chi connectivity index (χ4n) is 2.52. The number of nitrogens with zero attached hydrogens (tertiary/aromatic N) is 2. The third kappa shape index (κ3) is 5.33. The van der Waals surface area contributed by atoms with Gasteiger partial charge in [-0.05, 0) is 54.1 Å². The molecular weight excluding hydrogens is 408 g/mol. The number of nitro groups is 1. The third-order valence-electron chi connectivity index (χ3n) is 4.07. The quantitative estimate of drug-likeness (QED) is 0.317. The Bertz CT molecular complexity index is 1080. The van der Waals surface area contributed by atoms with Gasteiger partial charge in [0.05, 0.1) is 18.2 Å². The standard InChI is InChI=1S/C21H17ClN4O4/c1-30-18-9-7-17(8-10-18)24-21(27)15-4-11-19(20(12-15)26(28)29)25-23-13-14-2-5-16(22)6-3-14/h2-13,25H,1H3,(H,24,27)/b23-13-. The SMILES string of the molecule is COc1ccc(NC(=O)c2ccc(N/N=C\c3ccc(Cl)cc3)c([N+](=O)[O-])c2)cc1. The van der Waals surface area contributed by atoms with E-state index in [2.05, 4.69) is 15.8 Å². The van der Waals surface area contributed by atoms with Crippen LogP contribution < -0.4 is 15.5 Å². The molecule has 30 heavy (non-hydrogen) atoms. The summed E-state index contributed by atoms with van der Waals surface area (Å²) < 4.78 is 5.07. The zero-order valence-corrected chi connectivity index (χ0v) is 16.6. The van der Waals surface area contributed by atoms with Crippen molar-refractivity contribution in [3.05, 3.63) is 93.0 Å². The van der Waals surface area contributed by atoms with E-state index in [-0.39, 0.29) is 16.9 Å². The zero-order valence-electron chi connectivity index (χ0n) is 15.8. The maximum atomic E-state index is 12.5. The molecule has 0 aliphatic rings. The molecule has 0 saturated carbocycles. The summed E-state index contributed by atoms with van der Waals surface area (Å²) in [7, 11) is 1.54. The van der Waals surface area contributed by atoms with E-state index >= 15 is 0 Å². The van der Waals surface area contributed by atoms with Gasteiger partial charge in [-0.1, -0.05) is 23.7 Å². The van der Waals surface area contributed by atoms with Crippen molar-refractivity contribution in [3.63, 3.8) is 0 Å². The summed E-state index contributed by atoms with van der Waals surface area (Å²) in [5.74, 6) is 0.178. The Kier molecular flexibility index (Phi) is 6.61. The lowest BCUT2D eigenvalue weighted by Gasteiger charge is -2.08. The van der Waals surface area contributed by atoms with Crippen molar-refractivity contribution in [2.45, 2.75) is 0 Å². The Morgan fingerprint density at radius 2 is 1.80 bits per heavy atom. The molecule has 9 heteroatoms. The van der Waals surface area contributed by atoms with E-state index < -0.39 is 10.8 Å². The second-order valence-electron chi connectivity index (χ2n) is 6.09. The van der Waals surface area contributed by atoms with Gasteiger partial charge in [0.15, 0.2) is 0 Å². The van der Waals surface area contributed by atoms with E-state index in [0.29, 0.717) is 16.5 Å². The molecule has 0 aliphatic heterocycles. The normalized spacial score (nSPS) is 10.6. The van der Waals surface area contributed by atoms with E-state index in [0.717, 1.165) is 5.56 Å². The summed E-state index contributed by atoms with van der Waals surface area (Å²) in [6, 6.07) is 17.8. The van der Waals surface area contributed by atoms with Crippen molar-refractivity contribution in [1.82, 2.24) is 0 Å². The number of ether oxygens (including phenoxy) is 1. The van der Waals surface area contributed by atoms with Crippen LogP contribution in [0.2, 0.25) is 5.02 Å². The largest absolute Gasteiger partial charge is 0.497 e. The number of hydrogen-bond donors (Lipinski definition) is 2. The Hall–Kier alpha value is -3.91. The van der Waals surface area contributed by atoms with Crippen LogP contribution in [0.25, 0.3) is 0 Å². The Morgan fingerprint density at radius 1 is 1.10 bits per heavy atom. The van der Waals surface area contributed by atoms with Crippen LogP contribution in [0, 0.1) is 10.1 Å². The first-order valence-electron chi connectivity index (χ1n) is 8.75. The molecule has 0 saturated heterocycles. The van der Waals surface area contributed by atoms with Gasteiger partial charge in [0.1, 0.15) is 11.4 Å². The molecule has 152 valence electrons. The van der Waals surface area contributed by atoms with Gasteiger partial charge in [-0.3, -0.25) is 20.3 Å². The number of halogens is 1. The molecule has 3 aromatic carbocycles. The molecule has 0 aromatic heterocycles. The lowest BCUT2D eigenvalue weighted by Crippen LogP contribution is -2.12. The summed E-state index contributed by atoms with van der Waals surface area (Å²) in [6.45, 7) is 0. The number of methoxy groups -OCH3 is 1. The van der Waals surface area contributed by atoms with Crippen LogP contribution in [0.15, 0.2) is 71.8 Å². The molecule has 3 aromatic rings. The molecular formula is C21H17ClN4O4.